The molecule has 28 heavy (non-hydrogen) atoms. The first-order chi connectivity index (χ1) is 13.6. The van der Waals surface area contributed by atoms with Crippen LogP contribution < -0.4 is 0 Å². The largest absolute Gasteiger partial charge is 0.493 e. The highest BCUT2D eigenvalue weighted by molar-refractivity contribution is 6.31. The van der Waals surface area contributed by atoms with E-state index in [9.17, 15) is 9.50 Å². The van der Waals surface area contributed by atoms with Gasteiger partial charge in [0.1, 0.15) is 5.82 Å². The Morgan fingerprint density at radius 1 is 1.14 bits per heavy atom. The van der Waals surface area contributed by atoms with Gasteiger partial charge in [0, 0.05) is 35.5 Å². The maximum atomic E-state index is 13.8. The van der Waals surface area contributed by atoms with E-state index in [-0.39, 0.29) is 16.8 Å². The van der Waals surface area contributed by atoms with Crippen LogP contribution in [-0.4, -0.2) is 33.5 Å². The number of H-pyrrole nitrogens is 1. The van der Waals surface area contributed by atoms with E-state index in [2.05, 4.69) is 15.2 Å². The van der Waals surface area contributed by atoms with Crippen LogP contribution in [0.1, 0.15) is 24.5 Å². The summed E-state index contributed by atoms with van der Waals surface area (Å²) in [5, 5.41) is 20.1. The lowest BCUT2D eigenvalue weighted by atomic mass is 9.87. The van der Waals surface area contributed by atoms with E-state index in [0.717, 1.165) is 46.0 Å². The van der Waals surface area contributed by atoms with Gasteiger partial charge in [-0.3, -0.25) is 5.10 Å². The number of pyridine rings is 1. The zero-order valence-corrected chi connectivity index (χ0v) is 15.6. The minimum atomic E-state index is -0.466. The molecule has 1 saturated heterocycles. The summed E-state index contributed by atoms with van der Waals surface area (Å²) >= 11 is 6.08. The Morgan fingerprint density at radius 2 is 1.96 bits per heavy atom. The van der Waals surface area contributed by atoms with Crippen molar-refractivity contribution in [3.8, 4) is 17.0 Å². The molecule has 0 amide bonds. The molecule has 1 aliphatic rings. The molecule has 7 heteroatoms. The number of aromatic nitrogens is 3. The number of fused-ring (bicyclic) bond motifs is 2. The predicted molar refractivity (Wildman–Crippen MR) is 106 cm³/mol. The lowest BCUT2D eigenvalue weighted by molar-refractivity contribution is 0.0845. The number of aromatic hydroxyl groups is 1. The SMILES string of the molecule is Oc1nc(C2CCOCC2)c(-c2ccc(F)c(Cl)c2)c2cc3cn[nH]c3cc12. The highest BCUT2D eigenvalue weighted by Gasteiger charge is 2.25. The third kappa shape index (κ3) is 2.80. The fourth-order valence-corrected chi connectivity index (χ4v) is 4.15. The second-order valence-corrected chi connectivity index (χ2v) is 7.47. The van der Waals surface area contributed by atoms with Crippen LogP contribution in [-0.2, 0) is 4.74 Å². The summed E-state index contributed by atoms with van der Waals surface area (Å²) < 4.78 is 19.3. The zero-order valence-electron chi connectivity index (χ0n) is 14.9. The molecule has 5 nitrogen and oxygen atoms in total. The highest BCUT2D eigenvalue weighted by Crippen LogP contribution is 2.42. The van der Waals surface area contributed by atoms with Gasteiger partial charge >= 0.3 is 0 Å². The average Bonchev–Trinajstić information content (AvgIpc) is 3.17. The fourth-order valence-electron chi connectivity index (χ4n) is 3.97. The number of hydrogen-bond donors (Lipinski definition) is 2. The molecular formula is C21H17ClFN3O2. The van der Waals surface area contributed by atoms with Crippen LogP contribution >= 0.6 is 11.6 Å². The molecule has 0 aliphatic carbocycles. The van der Waals surface area contributed by atoms with Crippen LogP contribution in [0.4, 0.5) is 4.39 Å². The smallest absolute Gasteiger partial charge is 0.219 e. The Hall–Kier alpha value is -2.70. The average molecular weight is 398 g/mol. The summed E-state index contributed by atoms with van der Waals surface area (Å²) in [6.07, 6.45) is 3.36. The molecule has 142 valence electrons. The molecule has 0 atom stereocenters. The van der Waals surface area contributed by atoms with Crippen LogP contribution in [0.15, 0.2) is 36.5 Å². The molecule has 3 heterocycles. The van der Waals surface area contributed by atoms with Gasteiger partial charge in [0.25, 0.3) is 0 Å². The highest BCUT2D eigenvalue weighted by atomic mass is 35.5. The predicted octanol–water partition coefficient (Wildman–Crippen LogP) is 5.17. The maximum absolute atomic E-state index is 13.8. The number of rotatable bonds is 2. The van der Waals surface area contributed by atoms with Gasteiger partial charge in [-0.15, -0.1) is 0 Å². The van der Waals surface area contributed by atoms with Crippen molar-refractivity contribution < 1.29 is 14.2 Å². The van der Waals surface area contributed by atoms with Gasteiger partial charge in [0.2, 0.25) is 5.88 Å². The Labute approximate surface area is 165 Å². The van der Waals surface area contributed by atoms with E-state index in [1.54, 1.807) is 18.3 Å². The van der Waals surface area contributed by atoms with Gasteiger partial charge < -0.3 is 9.84 Å². The summed E-state index contributed by atoms with van der Waals surface area (Å²) in [6.45, 7) is 1.30. The van der Waals surface area contributed by atoms with Gasteiger partial charge in [-0.1, -0.05) is 17.7 Å². The van der Waals surface area contributed by atoms with Crippen molar-refractivity contribution in [3.63, 3.8) is 0 Å². The van der Waals surface area contributed by atoms with E-state index in [4.69, 9.17) is 16.3 Å². The third-order valence-corrected chi connectivity index (χ3v) is 5.68. The van der Waals surface area contributed by atoms with Crippen molar-refractivity contribution in [1.29, 1.82) is 0 Å². The van der Waals surface area contributed by atoms with Gasteiger partial charge in [0.05, 0.1) is 22.4 Å². The molecule has 0 bridgehead atoms. The molecule has 1 aliphatic heterocycles. The molecule has 4 aromatic rings. The van der Waals surface area contributed by atoms with E-state index >= 15 is 0 Å². The molecule has 0 spiro atoms. The molecule has 1 fully saturated rings. The molecule has 0 unspecified atom stereocenters. The number of halogens is 2. The molecule has 2 aromatic heterocycles. The number of hydrogen-bond acceptors (Lipinski definition) is 4. The Balaban J connectivity index is 1.86. The van der Waals surface area contributed by atoms with Crippen LogP contribution in [0.3, 0.4) is 0 Å². The first-order valence-electron chi connectivity index (χ1n) is 9.14. The fraction of sp³-hybridized carbons (Fsp3) is 0.238. The van der Waals surface area contributed by atoms with Crippen molar-refractivity contribution in [2.75, 3.05) is 13.2 Å². The van der Waals surface area contributed by atoms with Crippen molar-refractivity contribution in [3.05, 3.63) is 53.1 Å². The monoisotopic (exact) mass is 397 g/mol. The molecule has 0 radical (unpaired) electrons. The lowest BCUT2D eigenvalue weighted by Crippen LogP contribution is -2.16. The number of benzene rings is 2. The summed E-state index contributed by atoms with van der Waals surface area (Å²) in [5.41, 5.74) is 3.24. The molecular weight excluding hydrogens is 381 g/mol. The van der Waals surface area contributed by atoms with Crippen molar-refractivity contribution in [2.45, 2.75) is 18.8 Å². The third-order valence-electron chi connectivity index (χ3n) is 5.39. The van der Waals surface area contributed by atoms with E-state index in [1.165, 1.54) is 6.07 Å². The second-order valence-electron chi connectivity index (χ2n) is 7.07. The van der Waals surface area contributed by atoms with Gasteiger partial charge in [0.15, 0.2) is 0 Å². The van der Waals surface area contributed by atoms with E-state index < -0.39 is 5.82 Å². The minimum Gasteiger partial charge on any atom is -0.493 e. The topological polar surface area (TPSA) is 71.0 Å². The summed E-state index contributed by atoms with van der Waals surface area (Å²) in [5.74, 6) is -0.348. The summed E-state index contributed by atoms with van der Waals surface area (Å²) in [4.78, 5) is 4.57. The maximum Gasteiger partial charge on any atom is 0.219 e. The second kappa shape index (κ2) is 6.72. The molecule has 2 aromatic carbocycles. The Bertz CT molecular complexity index is 1200. The van der Waals surface area contributed by atoms with Crippen molar-refractivity contribution >= 4 is 33.3 Å². The standard InChI is InChI=1S/C21H17ClFN3O2/c22-16-8-12(1-2-17(16)23)19-14-7-13-10-24-26-18(13)9-15(14)21(27)25-20(19)11-3-5-28-6-4-11/h1-2,7-11H,3-6H2,(H,24,26)(H,25,27). The molecule has 2 N–H and O–H groups in total. The van der Waals surface area contributed by atoms with Crippen molar-refractivity contribution in [1.82, 2.24) is 15.2 Å². The van der Waals surface area contributed by atoms with Gasteiger partial charge in [-0.2, -0.15) is 5.10 Å². The van der Waals surface area contributed by atoms with E-state index in [1.807, 2.05) is 12.1 Å². The van der Waals surface area contributed by atoms with Gasteiger partial charge in [-0.25, -0.2) is 9.37 Å². The Morgan fingerprint density at radius 3 is 2.75 bits per heavy atom. The van der Waals surface area contributed by atoms with Gasteiger partial charge in [-0.05, 0) is 48.1 Å². The lowest BCUT2D eigenvalue weighted by Gasteiger charge is -2.25. The zero-order chi connectivity index (χ0) is 19.3. The van der Waals surface area contributed by atoms with Crippen LogP contribution in [0.25, 0.3) is 32.8 Å². The number of nitrogens with zero attached hydrogens (tertiary/aromatic N) is 2. The van der Waals surface area contributed by atoms with Crippen LogP contribution in [0.5, 0.6) is 5.88 Å². The first-order valence-corrected chi connectivity index (χ1v) is 9.52. The number of ether oxygens (including phenoxy) is 1. The molecule has 5 rings (SSSR count). The first kappa shape index (κ1) is 17.4. The van der Waals surface area contributed by atoms with Crippen molar-refractivity contribution in [2.24, 2.45) is 0 Å². The quantitative estimate of drug-likeness (QED) is 0.489. The minimum absolute atomic E-state index is 0.0232. The van der Waals surface area contributed by atoms with Crippen LogP contribution in [0, 0.1) is 5.82 Å². The Kier molecular flexibility index (Phi) is 4.18. The summed E-state index contributed by atoms with van der Waals surface area (Å²) in [6, 6.07) is 8.50. The number of aromatic amines is 1. The van der Waals surface area contributed by atoms with E-state index in [0.29, 0.717) is 18.6 Å². The van der Waals surface area contributed by atoms with Crippen LogP contribution in [0.2, 0.25) is 5.02 Å². The number of nitrogens with one attached hydrogen (secondary N) is 1. The normalized spacial score (nSPS) is 15.5. The molecule has 0 saturated carbocycles. The summed E-state index contributed by atoms with van der Waals surface area (Å²) in [7, 11) is 0.